The number of amides is 2. The van der Waals surface area contributed by atoms with E-state index in [0.717, 1.165) is 17.5 Å². The van der Waals surface area contributed by atoms with Gasteiger partial charge in [-0.05, 0) is 72.9 Å². The number of halogens is 1. The number of benzene rings is 1. The van der Waals surface area contributed by atoms with Gasteiger partial charge in [-0.15, -0.1) is 5.10 Å². The molecule has 2 aromatic heterocycles. The molecule has 10 nitrogen and oxygen atoms in total. The van der Waals surface area contributed by atoms with Gasteiger partial charge in [-0.3, -0.25) is 14.5 Å². The minimum Gasteiger partial charge on any atom is -0.493 e. The number of pyridine rings is 1. The fraction of sp³-hybridized carbons (Fsp3) is 0.429. The minimum absolute atomic E-state index is 0.0454. The van der Waals surface area contributed by atoms with Crippen molar-refractivity contribution in [3.63, 3.8) is 0 Å². The van der Waals surface area contributed by atoms with Crippen LogP contribution in [0.1, 0.15) is 66.3 Å². The van der Waals surface area contributed by atoms with Gasteiger partial charge in [0.15, 0.2) is 17.3 Å². The van der Waals surface area contributed by atoms with Gasteiger partial charge in [0.05, 0.1) is 31.0 Å². The van der Waals surface area contributed by atoms with E-state index in [9.17, 15) is 14.9 Å². The van der Waals surface area contributed by atoms with Gasteiger partial charge in [-0.25, -0.2) is 9.67 Å². The molecule has 2 amide bonds. The Bertz CT molecular complexity index is 1520. The zero-order valence-electron chi connectivity index (χ0n) is 21.9. The number of ether oxygens (including phenoxy) is 1. The lowest BCUT2D eigenvalue weighted by Crippen LogP contribution is -2.52. The van der Waals surface area contributed by atoms with E-state index in [1.807, 2.05) is 19.1 Å². The first-order chi connectivity index (χ1) is 18.7. The molecule has 0 radical (unpaired) electrons. The van der Waals surface area contributed by atoms with E-state index in [1.54, 1.807) is 41.2 Å². The van der Waals surface area contributed by atoms with Crippen molar-refractivity contribution in [3.05, 3.63) is 64.1 Å². The van der Waals surface area contributed by atoms with E-state index in [1.165, 1.54) is 0 Å². The van der Waals surface area contributed by atoms with Crippen molar-refractivity contribution in [1.29, 1.82) is 5.26 Å². The average molecular weight is 546 g/mol. The summed E-state index contributed by atoms with van der Waals surface area (Å²) in [4.78, 5) is 31.7. The van der Waals surface area contributed by atoms with Crippen molar-refractivity contribution in [2.45, 2.75) is 50.6 Å². The highest BCUT2D eigenvalue weighted by Crippen LogP contribution is 2.48. The number of nitriles is 1. The Hall–Kier alpha value is -3.97. The van der Waals surface area contributed by atoms with Crippen LogP contribution in [0.2, 0.25) is 5.02 Å². The van der Waals surface area contributed by atoms with Crippen LogP contribution >= 0.6 is 11.6 Å². The van der Waals surface area contributed by atoms with E-state index in [-0.39, 0.29) is 40.9 Å². The van der Waals surface area contributed by atoms with E-state index in [4.69, 9.17) is 16.3 Å². The summed E-state index contributed by atoms with van der Waals surface area (Å²) in [5, 5.41) is 21.4. The Kier molecular flexibility index (Phi) is 6.07. The lowest BCUT2D eigenvalue weighted by molar-refractivity contribution is -0.118. The monoisotopic (exact) mass is 545 g/mol. The van der Waals surface area contributed by atoms with Gasteiger partial charge in [-0.1, -0.05) is 23.7 Å². The number of carbonyl (C=O) groups excluding carboxylic acids is 2. The molecule has 0 bridgehead atoms. The molecule has 1 saturated heterocycles. The predicted molar refractivity (Wildman–Crippen MR) is 143 cm³/mol. The third kappa shape index (κ3) is 4.40. The molecule has 0 spiro atoms. The number of aromatic nitrogens is 4. The van der Waals surface area contributed by atoms with Crippen LogP contribution in [0.3, 0.4) is 0 Å². The lowest BCUT2D eigenvalue weighted by Gasteiger charge is -2.46. The van der Waals surface area contributed by atoms with Crippen LogP contribution in [0.15, 0.2) is 36.7 Å². The highest BCUT2D eigenvalue weighted by Gasteiger charge is 2.53. The average Bonchev–Trinajstić information content (AvgIpc) is 3.38. The van der Waals surface area contributed by atoms with Crippen molar-refractivity contribution in [3.8, 4) is 11.8 Å². The molecule has 3 heterocycles. The molecule has 1 N–H and O–H groups in total. The van der Waals surface area contributed by atoms with Gasteiger partial charge in [0.1, 0.15) is 0 Å². The number of methoxy groups -OCH3 is 1. The van der Waals surface area contributed by atoms with Gasteiger partial charge in [0, 0.05) is 29.7 Å². The second-order valence-electron chi connectivity index (χ2n) is 11.0. The largest absolute Gasteiger partial charge is 0.493 e. The van der Waals surface area contributed by atoms with Gasteiger partial charge in [0.25, 0.3) is 5.91 Å². The normalized spacial score (nSPS) is 25.9. The molecule has 200 valence electrons. The Balaban J connectivity index is 1.11. The molecule has 2 aliphatic carbocycles. The first-order valence-corrected chi connectivity index (χ1v) is 13.4. The van der Waals surface area contributed by atoms with E-state index in [2.05, 4.69) is 33.6 Å². The molecule has 6 rings (SSSR count). The van der Waals surface area contributed by atoms with Crippen LogP contribution in [0, 0.1) is 23.2 Å². The smallest absolute Gasteiger partial charge is 0.273 e. The number of hydrogen-bond donors (Lipinski definition) is 1. The Morgan fingerprint density at radius 3 is 2.82 bits per heavy atom. The van der Waals surface area contributed by atoms with Crippen LogP contribution < -0.4 is 15.0 Å². The molecule has 3 atom stereocenters. The summed E-state index contributed by atoms with van der Waals surface area (Å²) >= 11 is 6.18. The zero-order valence-corrected chi connectivity index (χ0v) is 22.6. The quantitative estimate of drug-likeness (QED) is 0.480. The Morgan fingerprint density at radius 2 is 2.13 bits per heavy atom. The van der Waals surface area contributed by atoms with Crippen LogP contribution in [-0.4, -0.2) is 51.5 Å². The predicted octanol–water partition coefficient (Wildman–Crippen LogP) is 3.65. The van der Waals surface area contributed by atoms with Crippen LogP contribution in [-0.2, 0) is 10.2 Å². The second-order valence-corrected chi connectivity index (χ2v) is 11.5. The standard InChI is InChI=1S/C28H28ClN7O3/c1-15(17-7-24(39-3)25(31-12-17)35-13-18-6-21(18)27(35)38)36-14-23(33-34-36)26(37)32-20-9-28(2,10-20)22-8-19(29)5-4-16(22)11-30/h4-5,7-8,12,14-15,18,20-21H,6,9-10,13H2,1-3H3,(H,32,37)/t15?,18-,20-,21-,28+/m1/s1. The maximum absolute atomic E-state index is 12.9. The molecule has 1 aromatic carbocycles. The number of anilines is 1. The van der Waals surface area contributed by atoms with Crippen LogP contribution in [0.5, 0.6) is 5.75 Å². The maximum atomic E-state index is 12.9. The molecule has 3 fully saturated rings. The summed E-state index contributed by atoms with van der Waals surface area (Å²) in [7, 11) is 1.56. The maximum Gasteiger partial charge on any atom is 0.273 e. The SMILES string of the molecule is COc1cc(C(C)n2cc(C(=O)N[C@H]3C[C@@](C)(c4cc(Cl)ccc4C#N)C3)nn2)cnc1N1C[C@H]2C[C@H]2C1=O. The lowest BCUT2D eigenvalue weighted by atomic mass is 9.62. The van der Waals surface area contributed by atoms with E-state index in [0.29, 0.717) is 47.5 Å². The molecule has 39 heavy (non-hydrogen) atoms. The first kappa shape index (κ1) is 25.3. The first-order valence-electron chi connectivity index (χ1n) is 13.0. The number of hydrogen-bond acceptors (Lipinski definition) is 7. The highest BCUT2D eigenvalue weighted by atomic mass is 35.5. The van der Waals surface area contributed by atoms with E-state index < -0.39 is 0 Å². The summed E-state index contributed by atoms with van der Waals surface area (Å²) < 4.78 is 7.18. The van der Waals surface area contributed by atoms with Gasteiger partial charge in [-0.2, -0.15) is 5.26 Å². The highest BCUT2D eigenvalue weighted by molar-refractivity contribution is 6.30. The van der Waals surface area contributed by atoms with E-state index >= 15 is 0 Å². The molecule has 3 aliphatic rings. The number of piperidine rings is 1. The fourth-order valence-electron chi connectivity index (χ4n) is 5.95. The Morgan fingerprint density at radius 1 is 1.33 bits per heavy atom. The van der Waals surface area contributed by atoms with Crippen molar-refractivity contribution in [2.24, 2.45) is 11.8 Å². The van der Waals surface area contributed by atoms with Crippen molar-refractivity contribution >= 4 is 29.2 Å². The topological polar surface area (TPSA) is 126 Å². The number of nitrogens with zero attached hydrogens (tertiary/aromatic N) is 6. The summed E-state index contributed by atoms with van der Waals surface area (Å²) in [6.45, 7) is 4.69. The fourth-order valence-corrected chi connectivity index (χ4v) is 6.12. The molecular weight excluding hydrogens is 518 g/mol. The number of fused-ring (bicyclic) bond motifs is 1. The summed E-state index contributed by atoms with van der Waals surface area (Å²) in [6, 6.07) is 9.07. The van der Waals surface area contributed by atoms with Gasteiger partial charge < -0.3 is 10.1 Å². The third-order valence-electron chi connectivity index (χ3n) is 8.36. The third-order valence-corrected chi connectivity index (χ3v) is 8.59. The summed E-state index contributed by atoms with van der Waals surface area (Å²) in [5.41, 5.74) is 2.30. The molecule has 11 heteroatoms. The summed E-state index contributed by atoms with van der Waals surface area (Å²) in [6.07, 6.45) is 5.68. The molecule has 1 unspecified atom stereocenters. The number of nitrogens with one attached hydrogen (secondary N) is 1. The number of carbonyl (C=O) groups is 2. The summed E-state index contributed by atoms with van der Waals surface area (Å²) in [5.74, 6) is 1.45. The van der Waals surface area contributed by atoms with Crippen molar-refractivity contribution in [2.75, 3.05) is 18.6 Å². The van der Waals surface area contributed by atoms with Crippen molar-refractivity contribution in [1.82, 2.24) is 25.3 Å². The molecule has 3 aromatic rings. The molecular formula is C28H28ClN7O3. The van der Waals surface area contributed by atoms with Gasteiger partial charge in [0.2, 0.25) is 5.91 Å². The zero-order chi connectivity index (χ0) is 27.5. The second kappa shape index (κ2) is 9.35. The van der Waals surface area contributed by atoms with Gasteiger partial charge >= 0.3 is 0 Å². The van der Waals surface area contributed by atoms with Crippen LogP contribution in [0.4, 0.5) is 5.82 Å². The molecule has 1 aliphatic heterocycles. The van der Waals surface area contributed by atoms with Crippen LogP contribution in [0.25, 0.3) is 0 Å². The number of rotatable bonds is 7. The molecule has 2 saturated carbocycles. The minimum atomic E-state index is -0.302. The Labute approximate surface area is 230 Å². The van der Waals surface area contributed by atoms with Crippen molar-refractivity contribution < 1.29 is 14.3 Å².